The zero-order valence-corrected chi connectivity index (χ0v) is 19.5. The number of rotatable bonds is 9. The fraction of sp³-hybridized carbons (Fsp3) is 0.333. The number of para-hydroxylation sites is 2. The third-order valence-corrected chi connectivity index (χ3v) is 6.52. The minimum absolute atomic E-state index is 0.0516. The van der Waals surface area contributed by atoms with Crippen LogP contribution in [0.25, 0.3) is 6.08 Å². The molecule has 2 aromatic carbocycles. The third-order valence-electron chi connectivity index (χ3n) is 5.14. The third kappa shape index (κ3) is 5.62. The van der Waals surface area contributed by atoms with E-state index < -0.39 is 0 Å². The highest BCUT2D eigenvalue weighted by Gasteiger charge is 2.34. The molecule has 2 aromatic rings. The molecule has 0 bridgehead atoms. The van der Waals surface area contributed by atoms with E-state index in [4.69, 9.17) is 31.2 Å². The molecule has 0 radical (unpaired) electrons. The number of hydrogen-bond donors (Lipinski definition) is 0. The Bertz CT molecular complexity index is 986. The van der Waals surface area contributed by atoms with Crippen molar-refractivity contribution < 1.29 is 23.7 Å². The minimum atomic E-state index is -0.0516. The van der Waals surface area contributed by atoms with Crippen LogP contribution in [0.1, 0.15) is 18.4 Å². The van der Waals surface area contributed by atoms with Crippen molar-refractivity contribution in [1.29, 1.82) is 0 Å². The van der Waals surface area contributed by atoms with Crippen LogP contribution in [-0.4, -0.2) is 54.7 Å². The van der Waals surface area contributed by atoms with E-state index in [2.05, 4.69) is 0 Å². The first-order valence-corrected chi connectivity index (χ1v) is 11.7. The summed E-state index contributed by atoms with van der Waals surface area (Å²) in [6, 6.07) is 15.1. The molecule has 2 aliphatic heterocycles. The van der Waals surface area contributed by atoms with E-state index in [1.807, 2.05) is 54.6 Å². The average Bonchev–Trinajstić information content (AvgIpc) is 3.42. The Balaban J connectivity index is 1.28. The number of methoxy groups -OCH3 is 1. The largest absolute Gasteiger partial charge is 0.493 e. The van der Waals surface area contributed by atoms with Crippen LogP contribution in [0.5, 0.6) is 17.2 Å². The lowest BCUT2D eigenvalue weighted by Gasteiger charge is -2.18. The molecule has 32 heavy (non-hydrogen) atoms. The molecule has 168 valence electrons. The van der Waals surface area contributed by atoms with Crippen LogP contribution >= 0.6 is 24.0 Å². The van der Waals surface area contributed by atoms with Gasteiger partial charge in [0.2, 0.25) is 0 Å². The van der Waals surface area contributed by atoms with Crippen molar-refractivity contribution in [1.82, 2.24) is 4.90 Å². The van der Waals surface area contributed by atoms with Crippen molar-refractivity contribution >= 4 is 40.3 Å². The minimum Gasteiger partial charge on any atom is -0.493 e. The summed E-state index contributed by atoms with van der Waals surface area (Å²) >= 11 is 6.75. The summed E-state index contributed by atoms with van der Waals surface area (Å²) in [4.78, 5) is 15.0. The molecule has 2 aliphatic rings. The second-order valence-electron chi connectivity index (χ2n) is 7.34. The molecule has 0 spiro atoms. The molecule has 2 fully saturated rings. The zero-order valence-electron chi connectivity index (χ0n) is 17.8. The van der Waals surface area contributed by atoms with Crippen molar-refractivity contribution in [2.24, 2.45) is 0 Å². The molecule has 6 nitrogen and oxygen atoms in total. The van der Waals surface area contributed by atoms with E-state index in [0.29, 0.717) is 40.5 Å². The molecule has 1 unspecified atom stereocenters. The number of ether oxygens (including phenoxy) is 4. The number of thioether (sulfide) groups is 1. The van der Waals surface area contributed by atoms with Gasteiger partial charge in [-0.3, -0.25) is 9.69 Å². The molecule has 2 heterocycles. The predicted octanol–water partition coefficient (Wildman–Crippen LogP) is 4.53. The Hall–Kier alpha value is -2.55. The maximum atomic E-state index is 12.8. The van der Waals surface area contributed by atoms with Crippen LogP contribution in [0.3, 0.4) is 0 Å². The van der Waals surface area contributed by atoms with Gasteiger partial charge in [0.1, 0.15) is 23.3 Å². The maximum absolute atomic E-state index is 12.8. The van der Waals surface area contributed by atoms with Crippen LogP contribution in [0.4, 0.5) is 0 Å². The SMILES string of the molecule is COc1ccccc1OCCOc1ccc(/C=C2\SC(=S)N(CC3CCCO3)C2=O)cc1. The van der Waals surface area contributed by atoms with Crippen LogP contribution in [0.2, 0.25) is 0 Å². The fourth-order valence-electron chi connectivity index (χ4n) is 3.51. The number of hydrogen-bond acceptors (Lipinski definition) is 7. The molecule has 1 amide bonds. The molecule has 0 saturated carbocycles. The number of amides is 1. The molecular formula is C24H25NO5S2. The number of carbonyl (C=O) groups excluding carboxylic acids is 1. The van der Waals surface area contributed by atoms with Gasteiger partial charge >= 0.3 is 0 Å². The first kappa shape index (κ1) is 22.6. The van der Waals surface area contributed by atoms with Gasteiger partial charge in [-0.15, -0.1) is 0 Å². The highest BCUT2D eigenvalue weighted by Crippen LogP contribution is 2.33. The smallest absolute Gasteiger partial charge is 0.266 e. The van der Waals surface area contributed by atoms with Gasteiger partial charge in [-0.1, -0.05) is 48.2 Å². The summed E-state index contributed by atoms with van der Waals surface area (Å²) in [5.41, 5.74) is 0.917. The molecule has 8 heteroatoms. The van der Waals surface area contributed by atoms with E-state index in [1.165, 1.54) is 11.8 Å². The van der Waals surface area contributed by atoms with Gasteiger partial charge in [-0.25, -0.2) is 0 Å². The molecule has 1 atom stereocenters. The number of nitrogens with zero attached hydrogens (tertiary/aromatic N) is 1. The molecule has 0 N–H and O–H groups in total. The summed E-state index contributed by atoms with van der Waals surface area (Å²) in [5.74, 6) is 2.06. The van der Waals surface area contributed by atoms with Crippen molar-refractivity contribution in [3.63, 3.8) is 0 Å². The first-order chi connectivity index (χ1) is 15.6. The highest BCUT2D eigenvalue weighted by molar-refractivity contribution is 8.26. The summed E-state index contributed by atoms with van der Waals surface area (Å²) in [6.45, 7) is 2.09. The zero-order chi connectivity index (χ0) is 22.3. The van der Waals surface area contributed by atoms with Gasteiger partial charge in [0.15, 0.2) is 11.5 Å². The van der Waals surface area contributed by atoms with E-state index >= 15 is 0 Å². The molecular weight excluding hydrogens is 446 g/mol. The summed E-state index contributed by atoms with van der Waals surface area (Å²) in [5, 5.41) is 0. The van der Waals surface area contributed by atoms with E-state index in [-0.39, 0.29) is 12.0 Å². The number of carbonyl (C=O) groups is 1. The first-order valence-electron chi connectivity index (χ1n) is 10.5. The second-order valence-corrected chi connectivity index (χ2v) is 9.02. The maximum Gasteiger partial charge on any atom is 0.266 e. The van der Waals surface area contributed by atoms with Gasteiger partial charge < -0.3 is 18.9 Å². The van der Waals surface area contributed by atoms with Crippen molar-refractivity contribution in [2.45, 2.75) is 18.9 Å². The molecule has 2 saturated heterocycles. The summed E-state index contributed by atoms with van der Waals surface area (Å²) in [6.07, 6.45) is 3.96. The number of thiocarbonyl (C=S) groups is 1. The second kappa shape index (κ2) is 10.8. The summed E-state index contributed by atoms with van der Waals surface area (Å²) < 4.78 is 23.0. The Labute approximate surface area is 197 Å². The highest BCUT2D eigenvalue weighted by atomic mass is 32.2. The van der Waals surface area contributed by atoms with Crippen molar-refractivity contribution in [3.05, 3.63) is 59.0 Å². The summed E-state index contributed by atoms with van der Waals surface area (Å²) in [7, 11) is 1.61. The van der Waals surface area contributed by atoms with Gasteiger partial charge in [-0.2, -0.15) is 0 Å². The van der Waals surface area contributed by atoms with Crippen LogP contribution in [0.15, 0.2) is 53.4 Å². The number of benzene rings is 2. The Morgan fingerprint density at radius 1 is 1.12 bits per heavy atom. The Kier molecular flexibility index (Phi) is 7.68. The monoisotopic (exact) mass is 471 g/mol. The van der Waals surface area contributed by atoms with Crippen LogP contribution in [-0.2, 0) is 9.53 Å². The lowest BCUT2D eigenvalue weighted by molar-refractivity contribution is -0.123. The topological polar surface area (TPSA) is 57.2 Å². The molecule has 0 aromatic heterocycles. The fourth-order valence-corrected chi connectivity index (χ4v) is 4.79. The average molecular weight is 472 g/mol. The van der Waals surface area contributed by atoms with Gasteiger partial charge in [-0.05, 0) is 48.7 Å². The van der Waals surface area contributed by atoms with E-state index in [0.717, 1.165) is 30.8 Å². The van der Waals surface area contributed by atoms with E-state index in [9.17, 15) is 4.79 Å². The van der Waals surface area contributed by atoms with Gasteiger partial charge in [0, 0.05) is 6.61 Å². The van der Waals surface area contributed by atoms with Crippen molar-refractivity contribution in [2.75, 3.05) is 33.5 Å². The van der Waals surface area contributed by atoms with E-state index in [1.54, 1.807) is 12.0 Å². The van der Waals surface area contributed by atoms with Gasteiger partial charge in [0.05, 0.1) is 24.7 Å². The Morgan fingerprint density at radius 2 is 1.88 bits per heavy atom. The van der Waals surface area contributed by atoms with Crippen LogP contribution in [0, 0.1) is 0 Å². The lowest BCUT2D eigenvalue weighted by Crippen LogP contribution is -2.35. The van der Waals surface area contributed by atoms with Crippen molar-refractivity contribution in [3.8, 4) is 17.2 Å². The van der Waals surface area contributed by atoms with Crippen LogP contribution < -0.4 is 14.2 Å². The standard InChI is InChI=1S/C24H25NO5S2/c1-27-20-6-2-3-7-21(20)30-14-13-29-18-10-8-17(9-11-18)15-22-23(26)25(24(31)32-22)16-19-5-4-12-28-19/h2-3,6-11,15,19H,4-5,12-14,16H2,1H3/b22-15-. The predicted molar refractivity (Wildman–Crippen MR) is 129 cm³/mol. The quantitative estimate of drug-likeness (QED) is 0.302. The normalized spacial score (nSPS) is 19.6. The lowest BCUT2D eigenvalue weighted by atomic mass is 10.2. The Morgan fingerprint density at radius 3 is 2.59 bits per heavy atom. The molecule has 4 rings (SSSR count). The molecule has 0 aliphatic carbocycles. The van der Waals surface area contributed by atoms with Gasteiger partial charge in [0.25, 0.3) is 5.91 Å².